The molecule has 0 aliphatic rings. The van der Waals surface area contributed by atoms with Crippen molar-refractivity contribution in [2.24, 2.45) is 7.05 Å². The third-order valence-electron chi connectivity index (χ3n) is 3.77. The molecule has 0 aliphatic heterocycles. The van der Waals surface area contributed by atoms with Crippen molar-refractivity contribution in [1.82, 2.24) is 14.5 Å². The van der Waals surface area contributed by atoms with Crippen LogP contribution in [0.1, 0.15) is 30.8 Å². The smallest absolute Gasteiger partial charge is 0.155 e. The van der Waals surface area contributed by atoms with Gasteiger partial charge in [-0.3, -0.25) is 0 Å². The first-order chi connectivity index (χ1) is 11.1. The standard InChI is InChI=1S/C16H17BrN4.C2H6/c1-10-6-4-5-7-12(10)9-18-16-15-13(8-14(17)20-16)21(3)11(2)19-15;1-2/h4-8H,9H2,1-3H3,(H,18,20);1-2H3. The minimum atomic E-state index is 0.737. The Hall–Kier alpha value is -1.88. The third kappa shape index (κ3) is 3.72. The second-order valence-corrected chi connectivity index (χ2v) is 5.97. The Bertz CT molecular complexity index is 808. The highest BCUT2D eigenvalue weighted by Gasteiger charge is 2.12. The Kier molecular flexibility index (Phi) is 5.77. The molecule has 23 heavy (non-hydrogen) atoms. The van der Waals surface area contributed by atoms with E-state index in [4.69, 9.17) is 0 Å². The van der Waals surface area contributed by atoms with Crippen LogP contribution in [0.15, 0.2) is 34.9 Å². The molecule has 3 rings (SSSR count). The summed E-state index contributed by atoms with van der Waals surface area (Å²) >= 11 is 3.48. The van der Waals surface area contributed by atoms with Crippen molar-refractivity contribution in [2.75, 3.05) is 5.32 Å². The van der Waals surface area contributed by atoms with Gasteiger partial charge in [-0.25, -0.2) is 9.97 Å². The number of hydrogen-bond acceptors (Lipinski definition) is 3. The first-order valence-electron chi connectivity index (χ1n) is 7.84. The lowest BCUT2D eigenvalue weighted by atomic mass is 10.1. The monoisotopic (exact) mass is 374 g/mol. The van der Waals surface area contributed by atoms with E-state index in [0.717, 1.165) is 33.8 Å². The average Bonchev–Trinajstić information content (AvgIpc) is 2.84. The van der Waals surface area contributed by atoms with Gasteiger partial charge in [-0.15, -0.1) is 0 Å². The van der Waals surface area contributed by atoms with Crippen LogP contribution in [0.4, 0.5) is 5.82 Å². The number of nitrogens with one attached hydrogen (secondary N) is 1. The van der Waals surface area contributed by atoms with Crippen molar-refractivity contribution in [3.05, 3.63) is 51.9 Å². The summed E-state index contributed by atoms with van der Waals surface area (Å²) in [5, 5.41) is 3.41. The Balaban J connectivity index is 0.000000924. The number of pyridine rings is 1. The van der Waals surface area contributed by atoms with Crippen molar-refractivity contribution in [3.63, 3.8) is 0 Å². The van der Waals surface area contributed by atoms with Gasteiger partial charge in [0.05, 0.1) is 5.52 Å². The summed E-state index contributed by atoms with van der Waals surface area (Å²) in [6, 6.07) is 10.3. The number of anilines is 1. The van der Waals surface area contributed by atoms with E-state index in [0.29, 0.717) is 0 Å². The Morgan fingerprint density at radius 1 is 1.13 bits per heavy atom. The zero-order valence-corrected chi connectivity index (χ0v) is 15.9. The topological polar surface area (TPSA) is 42.7 Å². The van der Waals surface area contributed by atoms with E-state index in [2.05, 4.69) is 67.0 Å². The number of benzene rings is 1. The van der Waals surface area contributed by atoms with Gasteiger partial charge in [-0.2, -0.15) is 0 Å². The van der Waals surface area contributed by atoms with Gasteiger partial charge in [0.2, 0.25) is 0 Å². The molecule has 0 fully saturated rings. The zero-order chi connectivity index (χ0) is 17.0. The van der Waals surface area contributed by atoms with Crippen LogP contribution in [-0.4, -0.2) is 14.5 Å². The van der Waals surface area contributed by atoms with Crippen molar-refractivity contribution in [2.45, 2.75) is 34.2 Å². The highest BCUT2D eigenvalue weighted by molar-refractivity contribution is 9.10. The highest BCUT2D eigenvalue weighted by atomic mass is 79.9. The maximum Gasteiger partial charge on any atom is 0.155 e. The second kappa shape index (κ2) is 7.59. The predicted octanol–water partition coefficient (Wildman–Crippen LogP) is 4.99. The van der Waals surface area contributed by atoms with Crippen LogP contribution in [0, 0.1) is 13.8 Å². The van der Waals surface area contributed by atoms with Crippen LogP contribution in [0.3, 0.4) is 0 Å². The normalized spacial score (nSPS) is 10.3. The molecule has 0 atom stereocenters. The van der Waals surface area contributed by atoms with Crippen LogP contribution in [0.2, 0.25) is 0 Å². The molecule has 0 radical (unpaired) electrons. The van der Waals surface area contributed by atoms with Crippen LogP contribution >= 0.6 is 15.9 Å². The number of hydrogen-bond donors (Lipinski definition) is 1. The van der Waals surface area contributed by atoms with E-state index >= 15 is 0 Å². The molecule has 2 heterocycles. The molecule has 0 bridgehead atoms. The van der Waals surface area contributed by atoms with Gasteiger partial charge in [0.25, 0.3) is 0 Å². The van der Waals surface area contributed by atoms with E-state index in [-0.39, 0.29) is 0 Å². The number of aromatic nitrogens is 3. The summed E-state index contributed by atoms with van der Waals surface area (Å²) < 4.78 is 2.88. The molecule has 2 aromatic heterocycles. The fourth-order valence-corrected chi connectivity index (χ4v) is 2.78. The summed E-state index contributed by atoms with van der Waals surface area (Å²) in [4.78, 5) is 9.14. The molecule has 0 unspecified atom stereocenters. The van der Waals surface area contributed by atoms with Crippen molar-refractivity contribution >= 4 is 32.8 Å². The highest BCUT2D eigenvalue weighted by Crippen LogP contribution is 2.25. The summed E-state index contributed by atoms with van der Waals surface area (Å²) in [6.07, 6.45) is 0. The number of fused-ring (bicyclic) bond motifs is 1. The van der Waals surface area contributed by atoms with Gasteiger partial charge >= 0.3 is 0 Å². The molecule has 0 spiro atoms. The van der Waals surface area contributed by atoms with Crippen LogP contribution in [0.25, 0.3) is 11.0 Å². The van der Waals surface area contributed by atoms with Crippen molar-refractivity contribution in [3.8, 4) is 0 Å². The molecule has 122 valence electrons. The lowest BCUT2D eigenvalue weighted by Crippen LogP contribution is -2.04. The predicted molar refractivity (Wildman–Crippen MR) is 101 cm³/mol. The summed E-state index contributed by atoms with van der Waals surface area (Å²) in [5.74, 6) is 1.79. The molecule has 4 nitrogen and oxygen atoms in total. The summed E-state index contributed by atoms with van der Waals surface area (Å²) in [7, 11) is 2.02. The summed E-state index contributed by atoms with van der Waals surface area (Å²) in [6.45, 7) is 8.85. The fraction of sp³-hybridized carbons (Fsp3) is 0.333. The maximum atomic E-state index is 4.61. The van der Waals surface area contributed by atoms with E-state index in [1.54, 1.807) is 0 Å². The lowest BCUT2D eigenvalue weighted by Gasteiger charge is -2.09. The lowest BCUT2D eigenvalue weighted by molar-refractivity contribution is 0.885. The number of imidazole rings is 1. The minimum absolute atomic E-state index is 0.737. The second-order valence-electron chi connectivity index (χ2n) is 5.16. The quantitative estimate of drug-likeness (QED) is 0.656. The molecule has 5 heteroatoms. The molecule has 1 aromatic carbocycles. The third-order valence-corrected chi connectivity index (χ3v) is 4.18. The first kappa shape index (κ1) is 17.5. The van der Waals surface area contributed by atoms with Crippen LogP contribution in [-0.2, 0) is 13.6 Å². The molecule has 1 N–H and O–H groups in total. The van der Waals surface area contributed by atoms with E-state index in [1.807, 2.05) is 33.9 Å². The first-order valence-corrected chi connectivity index (χ1v) is 8.63. The number of aryl methyl sites for hydroxylation is 3. The van der Waals surface area contributed by atoms with E-state index in [1.165, 1.54) is 11.1 Å². The number of rotatable bonds is 3. The molecule has 0 amide bonds. The Morgan fingerprint density at radius 3 is 2.52 bits per heavy atom. The van der Waals surface area contributed by atoms with E-state index in [9.17, 15) is 0 Å². The molecule has 0 saturated carbocycles. The molecule has 0 saturated heterocycles. The molecular formula is C18H23BrN4. The van der Waals surface area contributed by atoms with Crippen molar-refractivity contribution < 1.29 is 0 Å². The molecular weight excluding hydrogens is 352 g/mol. The van der Waals surface area contributed by atoms with Gasteiger partial charge in [-0.05, 0) is 47.0 Å². The van der Waals surface area contributed by atoms with Gasteiger partial charge in [-0.1, -0.05) is 38.1 Å². The Labute approximate surface area is 146 Å². The maximum absolute atomic E-state index is 4.61. The van der Waals surface area contributed by atoms with Gasteiger partial charge < -0.3 is 9.88 Å². The minimum Gasteiger partial charge on any atom is -0.364 e. The Morgan fingerprint density at radius 2 is 1.83 bits per heavy atom. The van der Waals surface area contributed by atoms with Crippen molar-refractivity contribution in [1.29, 1.82) is 0 Å². The zero-order valence-electron chi connectivity index (χ0n) is 14.3. The fourth-order valence-electron chi connectivity index (χ4n) is 2.38. The van der Waals surface area contributed by atoms with Gasteiger partial charge in [0.15, 0.2) is 5.82 Å². The largest absolute Gasteiger partial charge is 0.364 e. The molecule has 3 aromatic rings. The van der Waals surface area contributed by atoms with Gasteiger partial charge in [0, 0.05) is 13.6 Å². The molecule has 0 aliphatic carbocycles. The van der Waals surface area contributed by atoms with Crippen LogP contribution in [0.5, 0.6) is 0 Å². The van der Waals surface area contributed by atoms with E-state index < -0.39 is 0 Å². The number of nitrogens with zero attached hydrogens (tertiary/aromatic N) is 3. The summed E-state index contributed by atoms with van der Waals surface area (Å²) in [5.41, 5.74) is 4.52. The van der Waals surface area contributed by atoms with Gasteiger partial charge in [0.1, 0.15) is 15.9 Å². The average molecular weight is 375 g/mol. The SMILES string of the molecule is CC.Cc1ccccc1CNc1nc(Br)cc2c1nc(C)n2C. The van der Waals surface area contributed by atoms with Crippen LogP contribution < -0.4 is 5.32 Å². The number of halogens is 1.